The Balaban J connectivity index is 1.59. The first kappa shape index (κ1) is 19.3. The molecule has 0 saturated carbocycles. The highest BCUT2D eigenvalue weighted by Gasteiger charge is 2.10. The number of fused-ring (bicyclic) bond motifs is 1. The molecule has 4 rings (SSSR count). The normalized spacial score (nSPS) is 16.5. The lowest BCUT2D eigenvalue weighted by Gasteiger charge is -2.18. The summed E-state index contributed by atoms with van der Waals surface area (Å²) in [5.41, 5.74) is 8.64. The maximum absolute atomic E-state index is 4.29. The number of aryl methyl sites for hydroxylation is 2. The molecule has 2 aromatic carbocycles. The average molecular weight is 380 g/mol. The number of anilines is 1. The van der Waals surface area contributed by atoms with Crippen LogP contribution in [0.4, 0.5) is 5.69 Å². The largest absolute Gasteiger partial charge is 0.356 e. The quantitative estimate of drug-likeness (QED) is 0.705. The van der Waals surface area contributed by atoms with Crippen molar-refractivity contribution in [3.63, 3.8) is 0 Å². The first-order valence-corrected chi connectivity index (χ1v) is 10.6. The number of rotatable bonds is 5. The van der Waals surface area contributed by atoms with Gasteiger partial charge < -0.3 is 5.32 Å². The minimum atomic E-state index is 0.939. The number of nitrogens with one attached hydrogen (secondary N) is 1. The van der Waals surface area contributed by atoms with Crippen LogP contribution >= 0.6 is 0 Å². The molecule has 1 N–H and O–H groups in total. The van der Waals surface area contributed by atoms with Crippen molar-refractivity contribution >= 4 is 24.0 Å². The van der Waals surface area contributed by atoms with Crippen LogP contribution in [0.2, 0.25) is 0 Å². The van der Waals surface area contributed by atoms with Gasteiger partial charge in [0.25, 0.3) is 0 Å². The second kappa shape index (κ2) is 8.53. The fraction of sp³-hybridized carbons (Fsp3) is 0.214. The van der Waals surface area contributed by atoms with E-state index < -0.39 is 0 Å². The molecule has 0 saturated heterocycles. The Hall–Kier alpha value is -3.06. The van der Waals surface area contributed by atoms with Crippen LogP contribution in [-0.4, -0.2) is 0 Å². The van der Waals surface area contributed by atoms with Crippen LogP contribution < -0.4 is 15.8 Å². The van der Waals surface area contributed by atoms with Gasteiger partial charge in [0, 0.05) is 11.4 Å². The predicted molar refractivity (Wildman–Crippen MR) is 127 cm³/mol. The standard InChI is InChI=1S/C28H29N/c1-4-22(23-9-5-6-10-23)17-27-19-28(16-13-20(27)2)29-21(3)25-15-14-24-11-7-8-12-26(24)18-25/h4-5,9-10,13-19,29H,2-3,6-8,11-12H2,1H3/b22-4?,27-17-. The monoisotopic (exact) mass is 379 g/mol. The molecule has 146 valence electrons. The molecule has 1 nitrogen and oxygen atoms in total. The van der Waals surface area contributed by atoms with Crippen molar-refractivity contribution in [2.75, 3.05) is 5.32 Å². The van der Waals surface area contributed by atoms with Crippen molar-refractivity contribution in [1.82, 2.24) is 0 Å². The number of hydrogen-bond donors (Lipinski definition) is 1. The third kappa shape index (κ3) is 4.35. The molecule has 0 aliphatic heterocycles. The lowest BCUT2D eigenvalue weighted by molar-refractivity contribution is 0.685. The van der Waals surface area contributed by atoms with E-state index in [9.17, 15) is 0 Å². The fourth-order valence-electron chi connectivity index (χ4n) is 4.15. The van der Waals surface area contributed by atoms with Crippen molar-refractivity contribution in [2.24, 2.45) is 0 Å². The Morgan fingerprint density at radius 3 is 2.62 bits per heavy atom. The van der Waals surface area contributed by atoms with Gasteiger partial charge >= 0.3 is 0 Å². The summed E-state index contributed by atoms with van der Waals surface area (Å²) in [7, 11) is 0. The Morgan fingerprint density at radius 1 is 1.03 bits per heavy atom. The molecule has 0 aromatic heterocycles. The second-order valence-electron chi connectivity index (χ2n) is 7.89. The van der Waals surface area contributed by atoms with Gasteiger partial charge in [0.15, 0.2) is 0 Å². The molecule has 2 aliphatic rings. The molecule has 1 heteroatoms. The van der Waals surface area contributed by atoms with E-state index in [0.717, 1.165) is 28.2 Å². The average Bonchev–Trinajstić information content (AvgIpc) is 3.28. The molecule has 0 atom stereocenters. The van der Waals surface area contributed by atoms with Gasteiger partial charge in [-0.05, 0) is 102 Å². The van der Waals surface area contributed by atoms with E-state index >= 15 is 0 Å². The van der Waals surface area contributed by atoms with E-state index in [1.165, 1.54) is 53.5 Å². The molecule has 0 amide bonds. The molecule has 0 bridgehead atoms. The van der Waals surface area contributed by atoms with Gasteiger partial charge in [-0.1, -0.05) is 55.7 Å². The van der Waals surface area contributed by atoms with Crippen LogP contribution in [0.25, 0.3) is 18.4 Å². The highest BCUT2D eigenvalue weighted by molar-refractivity contribution is 5.76. The molecule has 0 unspecified atom stereocenters. The lowest BCUT2D eigenvalue weighted by atomic mass is 9.90. The van der Waals surface area contributed by atoms with E-state index in [2.05, 4.69) is 92.2 Å². The molecule has 0 radical (unpaired) electrons. The van der Waals surface area contributed by atoms with Gasteiger partial charge in [0.05, 0.1) is 0 Å². The van der Waals surface area contributed by atoms with Crippen molar-refractivity contribution in [2.45, 2.75) is 39.0 Å². The van der Waals surface area contributed by atoms with E-state index in [-0.39, 0.29) is 0 Å². The SMILES string of the molecule is C=C(Nc1ccc(=C)/c(=C\C(=CC)C2=CCC=C2)c1)c1ccc2c(c1)CCCC2. The van der Waals surface area contributed by atoms with E-state index in [1.54, 1.807) is 0 Å². The lowest BCUT2D eigenvalue weighted by Crippen LogP contribution is -2.23. The topological polar surface area (TPSA) is 12.0 Å². The van der Waals surface area contributed by atoms with Crippen molar-refractivity contribution < 1.29 is 0 Å². The molecular weight excluding hydrogens is 350 g/mol. The Kier molecular flexibility index (Phi) is 5.67. The Labute approximate surface area is 174 Å². The van der Waals surface area contributed by atoms with E-state index in [1.807, 2.05) is 0 Å². The van der Waals surface area contributed by atoms with Crippen molar-refractivity contribution in [3.05, 3.63) is 106 Å². The molecule has 2 aliphatic carbocycles. The first-order chi connectivity index (χ1) is 14.1. The molecular formula is C28H29N. The minimum Gasteiger partial charge on any atom is -0.356 e. The third-order valence-electron chi connectivity index (χ3n) is 5.86. The summed E-state index contributed by atoms with van der Waals surface area (Å²) in [5, 5.41) is 5.66. The van der Waals surface area contributed by atoms with Crippen LogP contribution in [0, 0.1) is 0 Å². The Morgan fingerprint density at radius 2 is 1.86 bits per heavy atom. The van der Waals surface area contributed by atoms with Crippen molar-refractivity contribution in [1.29, 1.82) is 0 Å². The second-order valence-corrected chi connectivity index (χ2v) is 7.89. The van der Waals surface area contributed by atoms with Crippen LogP contribution in [0.5, 0.6) is 0 Å². The van der Waals surface area contributed by atoms with Gasteiger partial charge in [0.1, 0.15) is 0 Å². The Bertz CT molecular complexity index is 1140. The maximum Gasteiger partial charge on any atom is 0.0390 e. The van der Waals surface area contributed by atoms with Crippen LogP contribution in [0.3, 0.4) is 0 Å². The molecule has 0 spiro atoms. The van der Waals surface area contributed by atoms with Gasteiger partial charge in [-0.3, -0.25) is 0 Å². The van der Waals surface area contributed by atoms with Gasteiger partial charge in [-0.25, -0.2) is 0 Å². The van der Waals surface area contributed by atoms with Gasteiger partial charge in [-0.2, -0.15) is 0 Å². The highest BCUT2D eigenvalue weighted by atomic mass is 14.9. The molecule has 2 aromatic rings. The molecule has 0 heterocycles. The minimum absolute atomic E-state index is 0.939. The summed E-state index contributed by atoms with van der Waals surface area (Å²) in [6.45, 7) is 10.6. The van der Waals surface area contributed by atoms with Gasteiger partial charge in [0.2, 0.25) is 0 Å². The van der Waals surface area contributed by atoms with Crippen molar-refractivity contribution in [3.8, 4) is 0 Å². The first-order valence-electron chi connectivity index (χ1n) is 10.6. The summed E-state index contributed by atoms with van der Waals surface area (Å²) >= 11 is 0. The smallest absolute Gasteiger partial charge is 0.0390 e. The zero-order chi connectivity index (χ0) is 20.2. The summed E-state index contributed by atoms with van der Waals surface area (Å²) in [6, 6.07) is 13.1. The summed E-state index contributed by atoms with van der Waals surface area (Å²) in [6.07, 6.45) is 17.0. The summed E-state index contributed by atoms with van der Waals surface area (Å²) in [4.78, 5) is 0. The van der Waals surface area contributed by atoms with Crippen LogP contribution in [0.15, 0.2) is 78.4 Å². The van der Waals surface area contributed by atoms with Crippen LogP contribution in [0.1, 0.15) is 42.9 Å². The number of benzene rings is 2. The van der Waals surface area contributed by atoms with E-state index in [4.69, 9.17) is 0 Å². The molecule has 29 heavy (non-hydrogen) atoms. The predicted octanol–water partition coefficient (Wildman–Crippen LogP) is 5.67. The van der Waals surface area contributed by atoms with E-state index in [0.29, 0.717) is 0 Å². The number of allylic oxidation sites excluding steroid dienone is 6. The van der Waals surface area contributed by atoms with Crippen LogP contribution in [-0.2, 0) is 12.8 Å². The molecule has 0 fully saturated rings. The zero-order valence-corrected chi connectivity index (χ0v) is 17.3. The zero-order valence-electron chi connectivity index (χ0n) is 17.3. The number of hydrogen-bond acceptors (Lipinski definition) is 1. The summed E-state index contributed by atoms with van der Waals surface area (Å²) < 4.78 is 0. The maximum atomic E-state index is 4.29. The van der Waals surface area contributed by atoms with Gasteiger partial charge in [-0.15, -0.1) is 0 Å². The fourth-order valence-corrected chi connectivity index (χ4v) is 4.15. The highest BCUT2D eigenvalue weighted by Crippen LogP contribution is 2.25. The third-order valence-corrected chi connectivity index (χ3v) is 5.86. The summed E-state index contributed by atoms with van der Waals surface area (Å²) in [5.74, 6) is 0.